The van der Waals surface area contributed by atoms with Gasteiger partial charge in [0.1, 0.15) is 17.1 Å². The van der Waals surface area contributed by atoms with Gasteiger partial charge in [-0.15, -0.1) is 0 Å². The maximum absolute atomic E-state index is 13.7. The first-order valence-electron chi connectivity index (χ1n) is 12.9. The monoisotopic (exact) mass is 572 g/mol. The van der Waals surface area contributed by atoms with Crippen LogP contribution >= 0.6 is 22.9 Å². The van der Waals surface area contributed by atoms with Crippen molar-refractivity contribution in [3.05, 3.63) is 94.4 Å². The summed E-state index contributed by atoms with van der Waals surface area (Å²) in [7, 11) is 0. The van der Waals surface area contributed by atoms with Gasteiger partial charge in [-0.1, -0.05) is 54.5 Å². The number of nitrogens with zero attached hydrogens (tertiary/aromatic N) is 4. The fourth-order valence-corrected chi connectivity index (χ4v) is 6.21. The van der Waals surface area contributed by atoms with Crippen molar-refractivity contribution in [2.45, 2.75) is 32.7 Å². The number of aromatic nitrogens is 3. The van der Waals surface area contributed by atoms with Gasteiger partial charge in [0.2, 0.25) is 0 Å². The van der Waals surface area contributed by atoms with E-state index in [2.05, 4.69) is 16.9 Å². The average Bonchev–Trinajstić information content (AvgIpc) is 3.59. The van der Waals surface area contributed by atoms with Crippen LogP contribution in [-0.4, -0.2) is 37.8 Å². The summed E-state index contributed by atoms with van der Waals surface area (Å²) < 4.78 is 8.31. The lowest BCUT2D eigenvalue weighted by Gasteiger charge is -2.23. The van der Waals surface area contributed by atoms with E-state index in [9.17, 15) is 14.7 Å². The van der Waals surface area contributed by atoms with E-state index in [-0.39, 0.29) is 11.3 Å². The molecule has 1 unspecified atom stereocenters. The molecule has 1 fully saturated rings. The van der Waals surface area contributed by atoms with Crippen molar-refractivity contribution in [1.82, 2.24) is 14.4 Å². The number of carbonyl (C=O) groups excluding carboxylic acids is 2. The number of halogens is 1. The van der Waals surface area contributed by atoms with Crippen molar-refractivity contribution in [1.29, 1.82) is 0 Å². The summed E-state index contributed by atoms with van der Waals surface area (Å²) >= 11 is 7.45. The Morgan fingerprint density at radius 3 is 2.67 bits per heavy atom. The van der Waals surface area contributed by atoms with Crippen molar-refractivity contribution in [3.8, 4) is 5.75 Å². The Kier molecular flexibility index (Phi) is 6.77. The number of hydrogen-bond acceptors (Lipinski definition) is 7. The molecule has 10 heteroatoms. The molecule has 0 saturated carbocycles. The molecule has 0 aliphatic carbocycles. The van der Waals surface area contributed by atoms with E-state index in [0.717, 1.165) is 17.5 Å². The molecule has 40 heavy (non-hydrogen) atoms. The molecule has 6 rings (SSSR count). The molecule has 4 heterocycles. The molecule has 1 aliphatic rings. The molecule has 5 aromatic rings. The summed E-state index contributed by atoms with van der Waals surface area (Å²) in [4.78, 5) is 37.8. The van der Waals surface area contributed by atoms with Crippen molar-refractivity contribution in [2.75, 3.05) is 11.5 Å². The fourth-order valence-electron chi connectivity index (χ4n) is 4.94. The van der Waals surface area contributed by atoms with E-state index in [1.54, 1.807) is 35.7 Å². The number of Topliss-reactive ketones (excluding diaryl/α,β-unsaturated/α-hetero) is 1. The average molecular weight is 573 g/mol. The van der Waals surface area contributed by atoms with Crippen molar-refractivity contribution < 1.29 is 19.4 Å². The van der Waals surface area contributed by atoms with Crippen molar-refractivity contribution in [3.63, 3.8) is 0 Å². The molecule has 1 saturated heterocycles. The number of ether oxygens (including phenoxy) is 1. The third-order valence-corrected chi connectivity index (χ3v) is 8.13. The molecule has 1 amide bonds. The van der Waals surface area contributed by atoms with Crippen LogP contribution in [0.1, 0.15) is 42.8 Å². The molecule has 3 aromatic heterocycles. The van der Waals surface area contributed by atoms with Crippen LogP contribution in [0.5, 0.6) is 5.75 Å². The second-order valence-electron chi connectivity index (χ2n) is 9.52. The molecule has 0 radical (unpaired) electrons. The minimum Gasteiger partial charge on any atom is -0.505 e. The number of fused-ring (bicyclic) bond motifs is 2. The minimum atomic E-state index is -0.922. The highest BCUT2D eigenvalue weighted by molar-refractivity contribution is 7.22. The lowest BCUT2D eigenvalue weighted by Crippen LogP contribution is -2.29. The number of aryl methyl sites for hydroxylation is 1. The quantitative estimate of drug-likeness (QED) is 0.101. The maximum Gasteiger partial charge on any atom is 0.301 e. The first kappa shape index (κ1) is 26.0. The Bertz CT molecular complexity index is 1810. The zero-order chi connectivity index (χ0) is 28.0. The number of aliphatic hydroxyl groups is 1. The predicted molar refractivity (Wildman–Crippen MR) is 156 cm³/mol. The summed E-state index contributed by atoms with van der Waals surface area (Å²) in [5.41, 5.74) is 2.76. The van der Waals surface area contributed by atoms with Gasteiger partial charge in [-0.2, -0.15) is 0 Å². The summed E-state index contributed by atoms with van der Waals surface area (Å²) in [6.45, 7) is 4.44. The smallest absolute Gasteiger partial charge is 0.301 e. The predicted octanol–water partition coefficient (Wildman–Crippen LogP) is 6.71. The number of carbonyl (C=O) groups is 2. The molecule has 0 bridgehead atoms. The van der Waals surface area contributed by atoms with Crippen LogP contribution < -0.4 is 9.64 Å². The topological polar surface area (TPSA) is 97.0 Å². The Morgan fingerprint density at radius 2 is 1.90 bits per heavy atom. The van der Waals surface area contributed by atoms with Gasteiger partial charge >= 0.3 is 5.91 Å². The van der Waals surface area contributed by atoms with Gasteiger partial charge in [0, 0.05) is 11.2 Å². The number of rotatable bonds is 7. The van der Waals surface area contributed by atoms with Gasteiger partial charge in [0.05, 0.1) is 34.1 Å². The molecule has 2 aromatic carbocycles. The number of hydrogen-bond donors (Lipinski definition) is 1. The summed E-state index contributed by atoms with van der Waals surface area (Å²) in [6, 6.07) is 17.0. The van der Waals surface area contributed by atoms with Crippen molar-refractivity contribution >= 4 is 61.4 Å². The lowest BCUT2D eigenvalue weighted by molar-refractivity contribution is -0.132. The second kappa shape index (κ2) is 10.4. The Balaban J connectivity index is 1.53. The van der Waals surface area contributed by atoms with Crippen molar-refractivity contribution in [2.24, 2.45) is 0 Å². The molecule has 1 atom stereocenters. The zero-order valence-corrected chi connectivity index (χ0v) is 23.4. The van der Waals surface area contributed by atoms with Crippen LogP contribution in [0, 0.1) is 6.92 Å². The number of benzene rings is 2. The van der Waals surface area contributed by atoms with Crippen LogP contribution in [0.4, 0.5) is 5.13 Å². The maximum atomic E-state index is 13.7. The SMILES string of the molecule is CCCCOc1ccc(C2/C(=C(\O)c3c(C)nc4ccccn34)C(=O)C(=O)N2c2nc3ccc(Cl)cc3s2)cc1. The van der Waals surface area contributed by atoms with Crippen LogP contribution in [0.2, 0.25) is 5.02 Å². The molecule has 8 nitrogen and oxygen atoms in total. The molecule has 1 aliphatic heterocycles. The summed E-state index contributed by atoms with van der Waals surface area (Å²) in [5.74, 6) is -1.18. The minimum absolute atomic E-state index is 0.0318. The highest BCUT2D eigenvalue weighted by Crippen LogP contribution is 2.45. The Labute approximate surface area is 239 Å². The van der Waals surface area contributed by atoms with E-state index in [1.165, 1.54) is 16.2 Å². The van der Waals surface area contributed by atoms with E-state index in [1.807, 2.05) is 42.5 Å². The standard InChI is InChI=1S/C30H25ClN4O4S/c1-3-4-15-39-20-11-8-18(9-12-20)26-24(27(36)25-17(2)32-23-7-5-6-14-34(23)25)28(37)29(38)35(26)30-33-21-13-10-19(31)16-22(21)40-30/h5-14,16,26,36H,3-4,15H2,1-2H3/b27-24+. The summed E-state index contributed by atoms with van der Waals surface area (Å²) in [5, 5.41) is 12.6. The number of unbranched alkanes of at least 4 members (excludes halogenated alkanes) is 1. The number of imidazole rings is 1. The first-order chi connectivity index (χ1) is 19.4. The molecule has 202 valence electrons. The largest absolute Gasteiger partial charge is 0.505 e. The molecule has 1 N–H and O–H groups in total. The van der Waals surface area contributed by atoms with E-state index < -0.39 is 17.7 Å². The number of ketones is 1. The molecular formula is C30H25ClN4O4S. The van der Waals surface area contributed by atoms with Gasteiger partial charge in [-0.3, -0.25) is 18.9 Å². The van der Waals surface area contributed by atoms with Gasteiger partial charge in [-0.05, 0) is 61.4 Å². The number of thiazole rings is 1. The normalized spacial score (nSPS) is 16.9. The van der Waals surface area contributed by atoms with E-state index >= 15 is 0 Å². The summed E-state index contributed by atoms with van der Waals surface area (Å²) in [6.07, 6.45) is 3.71. The van der Waals surface area contributed by atoms with E-state index in [0.29, 0.717) is 50.6 Å². The van der Waals surface area contributed by atoms with Crippen LogP contribution in [0.15, 0.2) is 72.4 Å². The van der Waals surface area contributed by atoms with Crippen LogP contribution in [0.3, 0.4) is 0 Å². The number of aliphatic hydroxyl groups excluding tert-OH is 1. The number of pyridine rings is 1. The number of anilines is 1. The van der Waals surface area contributed by atoms with Gasteiger partial charge in [0.25, 0.3) is 5.78 Å². The second-order valence-corrected chi connectivity index (χ2v) is 11.0. The molecule has 0 spiro atoms. The highest BCUT2D eigenvalue weighted by atomic mass is 35.5. The van der Waals surface area contributed by atoms with E-state index in [4.69, 9.17) is 16.3 Å². The Hall–Kier alpha value is -4.21. The fraction of sp³-hybridized carbons (Fsp3) is 0.200. The van der Waals surface area contributed by atoms with Gasteiger partial charge in [0.15, 0.2) is 10.9 Å². The van der Waals surface area contributed by atoms with Crippen LogP contribution in [0.25, 0.3) is 21.6 Å². The third kappa shape index (κ3) is 4.41. The third-order valence-electron chi connectivity index (χ3n) is 6.88. The van der Waals surface area contributed by atoms with Crippen LogP contribution in [-0.2, 0) is 9.59 Å². The van der Waals surface area contributed by atoms with Gasteiger partial charge < -0.3 is 9.84 Å². The first-order valence-corrected chi connectivity index (χ1v) is 14.1. The lowest BCUT2D eigenvalue weighted by atomic mass is 9.96. The highest BCUT2D eigenvalue weighted by Gasteiger charge is 2.48. The Morgan fingerprint density at radius 1 is 1.10 bits per heavy atom. The molecular weight excluding hydrogens is 548 g/mol. The van der Waals surface area contributed by atoms with Gasteiger partial charge in [-0.25, -0.2) is 9.97 Å². The number of amides is 1. The zero-order valence-electron chi connectivity index (χ0n) is 21.8.